The van der Waals surface area contributed by atoms with Crippen LogP contribution in [0.5, 0.6) is 0 Å². The Morgan fingerprint density at radius 2 is 2.18 bits per heavy atom. The number of amides is 1. The number of hydrogen-bond acceptors (Lipinski definition) is 5. The van der Waals surface area contributed by atoms with E-state index in [1.54, 1.807) is 0 Å². The van der Waals surface area contributed by atoms with Crippen molar-refractivity contribution in [2.45, 2.75) is 32.6 Å². The second-order valence-electron chi connectivity index (χ2n) is 5.41. The molecule has 0 saturated heterocycles. The molecule has 0 bridgehead atoms. The monoisotopic (exact) mass is 302 g/mol. The lowest BCUT2D eigenvalue weighted by Crippen LogP contribution is -2.27. The summed E-state index contributed by atoms with van der Waals surface area (Å²) in [6, 6.07) is 0. The van der Waals surface area contributed by atoms with Gasteiger partial charge in [-0.25, -0.2) is 19.4 Å². The Morgan fingerprint density at radius 1 is 1.36 bits per heavy atom. The van der Waals surface area contributed by atoms with E-state index in [0.29, 0.717) is 13.0 Å². The topological polar surface area (TPSA) is 106 Å². The number of nitrogens with zero attached hydrogens (tertiary/aromatic N) is 4. The summed E-state index contributed by atoms with van der Waals surface area (Å²) in [6.07, 6.45) is 3.76. The van der Waals surface area contributed by atoms with Gasteiger partial charge in [-0.15, -0.1) is 5.10 Å². The lowest BCUT2D eigenvalue weighted by Gasteiger charge is -2.07. The largest absolute Gasteiger partial charge is 0.349 e. The third kappa shape index (κ3) is 2.76. The molecule has 0 aromatic carbocycles. The van der Waals surface area contributed by atoms with Crippen molar-refractivity contribution in [1.29, 1.82) is 0 Å². The molecule has 2 aromatic heterocycles. The molecule has 0 aliphatic heterocycles. The first-order valence-electron chi connectivity index (χ1n) is 7.31. The molecule has 0 atom stereocenters. The highest BCUT2D eigenvalue weighted by atomic mass is 16.2. The van der Waals surface area contributed by atoms with E-state index in [0.717, 1.165) is 41.2 Å². The van der Waals surface area contributed by atoms with Crippen molar-refractivity contribution < 1.29 is 4.79 Å². The highest BCUT2D eigenvalue weighted by Crippen LogP contribution is 2.22. The molecule has 22 heavy (non-hydrogen) atoms. The highest BCUT2D eigenvalue weighted by Gasteiger charge is 2.17. The van der Waals surface area contributed by atoms with Gasteiger partial charge in [-0.2, -0.15) is 0 Å². The second kappa shape index (κ2) is 5.70. The van der Waals surface area contributed by atoms with Crippen LogP contribution < -0.4 is 11.0 Å². The molecule has 0 spiro atoms. The molecule has 2 N–H and O–H groups in total. The van der Waals surface area contributed by atoms with Gasteiger partial charge in [0.2, 0.25) is 5.82 Å². The minimum atomic E-state index is -0.414. The van der Waals surface area contributed by atoms with Gasteiger partial charge in [0.15, 0.2) is 0 Å². The van der Waals surface area contributed by atoms with E-state index >= 15 is 0 Å². The number of nitrogens with one attached hydrogen (secondary N) is 2. The van der Waals surface area contributed by atoms with E-state index in [1.165, 1.54) is 12.6 Å². The first-order chi connectivity index (χ1) is 10.5. The van der Waals surface area contributed by atoms with Crippen molar-refractivity contribution in [3.8, 4) is 0 Å². The number of rotatable bonds is 4. The summed E-state index contributed by atoms with van der Waals surface area (Å²) in [6.45, 7) is 2.40. The molecule has 1 aliphatic rings. The van der Waals surface area contributed by atoms with Gasteiger partial charge in [0.25, 0.3) is 5.91 Å². The number of carbonyl (C=O) groups excluding carboxylic acids is 1. The maximum absolute atomic E-state index is 11.9. The van der Waals surface area contributed by atoms with Gasteiger partial charge in [-0.05, 0) is 31.7 Å². The predicted molar refractivity (Wildman–Crippen MR) is 78.7 cm³/mol. The smallest absolute Gasteiger partial charge is 0.343 e. The summed E-state index contributed by atoms with van der Waals surface area (Å²) in [7, 11) is 1.48. The van der Waals surface area contributed by atoms with Crippen LogP contribution in [-0.4, -0.2) is 37.2 Å². The van der Waals surface area contributed by atoms with Crippen molar-refractivity contribution in [2.75, 3.05) is 6.54 Å². The van der Waals surface area contributed by atoms with Crippen LogP contribution in [0.3, 0.4) is 0 Å². The summed E-state index contributed by atoms with van der Waals surface area (Å²) in [5.41, 5.74) is 3.04. The summed E-state index contributed by atoms with van der Waals surface area (Å²) < 4.78 is 1.09. The Morgan fingerprint density at radius 3 is 2.91 bits per heavy atom. The number of fused-ring (bicyclic) bond motifs is 1. The second-order valence-corrected chi connectivity index (χ2v) is 5.41. The fraction of sp³-hybridized carbons (Fsp3) is 0.500. The molecule has 1 amide bonds. The number of aromatic nitrogens is 5. The van der Waals surface area contributed by atoms with Crippen LogP contribution in [0.25, 0.3) is 0 Å². The lowest BCUT2D eigenvalue weighted by molar-refractivity contribution is 0.0943. The molecule has 8 nitrogen and oxygen atoms in total. The predicted octanol–water partition coefficient (Wildman–Crippen LogP) is -0.332. The van der Waals surface area contributed by atoms with Gasteiger partial charge in [-0.1, -0.05) is 0 Å². The van der Waals surface area contributed by atoms with Crippen LogP contribution in [0.4, 0.5) is 0 Å². The molecule has 0 radical (unpaired) electrons. The van der Waals surface area contributed by atoms with Crippen molar-refractivity contribution in [2.24, 2.45) is 7.05 Å². The fourth-order valence-electron chi connectivity index (χ4n) is 2.67. The van der Waals surface area contributed by atoms with Crippen LogP contribution in [0.1, 0.15) is 39.8 Å². The molecule has 0 unspecified atom stereocenters. The lowest BCUT2D eigenvalue weighted by atomic mass is 10.2. The summed E-state index contributed by atoms with van der Waals surface area (Å²) in [5, 5.41) is 6.51. The van der Waals surface area contributed by atoms with Gasteiger partial charge in [0.05, 0.1) is 0 Å². The Hall–Kier alpha value is -2.51. The Labute approximate surface area is 127 Å². The van der Waals surface area contributed by atoms with Gasteiger partial charge in [0, 0.05) is 31.4 Å². The van der Waals surface area contributed by atoms with Gasteiger partial charge in [-0.3, -0.25) is 9.78 Å². The van der Waals surface area contributed by atoms with E-state index < -0.39 is 11.6 Å². The SMILES string of the molecule is Cc1nc(CCNC(=O)c2nn(C)c(=O)[nH]2)nc2c1CCC2. The van der Waals surface area contributed by atoms with Gasteiger partial charge < -0.3 is 5.32 Å². The number of hydrogen-bond donors (Lipinski definition) is 2. The van der Waals surface area contributed by atoms with E-state index in [2.05, 4.69) is 25.4 Å². The Balaban J connectivity index is 1.60. The summed E-state index contributed by atoms with van der Waals surface area (Å²) in [5.74, 6) is 0.349. The van der Waals surface area contributed by atoms with E-state index in [-0.39, 0.29) is 5.82 Å². The van der Waals surface area contributed by atoms with Gasteiger partial charge >= 0.3 is 5.69 Å². The Bertz CT molecular complexity index is 776. The fourth-order valence-corrected chi connectivity index (χ4v) is 2.67. The van der Waals surface area contributed by atoms with E-state index in [9.17, 15) is 9.59 Å². The maximum Gasteiger partial charge on any atom is 0.343 e. The molecule has 116 valence electrons. The molecule has 8 heteroatoms. The number of carbonyl (C=O) groups is 1. The average Bonchev–Trinajstić information content (AvgIpc) is 3.06. The molecule has 2 heterocycles. The van der Waals surface area contributed by atoms with E-state index in [4.69, 9.17) is 0 Å². The summed E-state index contributed by atoms with van der Waals surface area (Å²) >= 11 is 0. The van der Waals surface area contributed by atoms with Crippen LogP contribution in [0, 0.1) is 6.92 Å². The number of aromatic amines is 1. The molecule has 3 rings (SSSR count). The molecule has 0 fully saturated rings. The van der Waals surface area contributed by atoms with Crippen LogP contribution >= 0.6 is 0 Å². The molecular formula is C14H18N6O2. The number of aryl methyl sites for hydroxylation is 3. The average molecular weight is 302 g/mol. The third-order valence-corrected chi connectivity index (χ3v) is 3.80. The zero-order valence-electron chi connectivity index (χ0n) is 12.6. The molecule has 1 aliphatic carbocycles. The molecule has 2 aromatic rings. The van der Waals surface area contributed by atoms with Crippen LogP contribution in [0.2, 0.25) is 0 Å². The van der Waals surface area contributed by atoms with Crippen molar-refractivity contribution in [1.82, 2.24) is 30.0 Å². The zero-order valence-corrected chi connectivity index (χ0v) is 12.6. The Kier molecular flexibility index (Phi) is 3.74. The van der Waals surface area contributed by atoms with Crippen molar-refractivity contribution in [3.63, 3.8) is 0 Å². The summed E-state index contributed by atoms with van der Waals surface area (Å²) in [4.78, 5) is 34.5. The van der Waals surface area contributed by atoms with E-state index in [1.807, 2.05) is 6.92 Å². The quantitative estimate of drug-likeness (QED) is 0.804. The molecule has 0 saturated carbocycles. The molecular weight excluding hydrogens is 284 g/mol. The zero-order chi connectivity index (χ0) is 15.7. The standard InChI is InChI=1S/C14H18N6O2/c1-8-9-4-3-5-10(9)17-11(16-8)6-7-15-13(21)12-18-14(22)20(2)19-12/h3-7H2,1-2H3,(H,15,21)(H,18,19,22). The first kappa shape index (κ1) is 14.4. The van der Waals surface area contributed by atoms with Crippen LogP contribution in [-0.2, 0) is 26.3 Å². The third-order valence-electron chi connectivity index (χ3n) is 3.80. The minimum Gasteiger partial charge on any atom is -0.349 e. The van der Waals surface area contributed by atoms with Crippen molar-refractivity contribution in [3.05, 3.63) is 39.1 Å². The normalized spacial score (nSPS) is 13.2. The first-order valence-corrected chi connectivity index (χ1v) is 7.31. The number of H-pyrrole nitrogens is 1. The van der Waals surface area contributed by atoms with Crippen LogP contribution in [0.15, 0.2) is 4.79 Å². The maximum atomic E-state index is 11.9. The van der Waals surface area contributed by atoms with Gasteiger partial charge in [0.1, 0.15) is 5.82 Å². The highest BCUT2D eigenvalue weighted by molar-refractivity contribution is 5.90. The van der Waals surface area contributed by atoms with Crippen molar-refractivity contribution >= 4 is 5.91 Å². The minimum absolute atomic E-state index is 0.0125.